The summed E-state index contributed by atoms with van der Waals surface area (Å²) < 4.78 is 38.0. The molecular weight excluding hydrogens is 273 g/mol. The highest BCUT2D eigenvalue weighted by Crippen LogP contribution is 2.29. The van der Waals surface area contributed by atoms with Gasteiger partial charge in [0.05, 0.1) is 5.56 Å². The second-order valence-electron chi connectivity index (χ2n) is 4.62. The van der Waals surface area contributed by atoms with Gasteiger partial charge in [0.1, 0.15) is 11.5 Å². The first-order valence-electron chi connectivity index (χ1n) is 6.23. The third kappa shape index (κ3) is 3.38. The molecule has 1 aliphatic rings. The van der Waals surface area contributed by atoms with Gasteiger partial charge in [0.2, 0.25) is 0 Å². The Balaban J connectivity index is 2.29. The first kappa shape index (κ1) is 14.6. The maximum atomic E-state index is 12.7. The highest BCUT2D eigenvalue weighted by molar-refractivity contribution is 5.97. The van der Waals surface area contributed by atoms with Crippen molar-refractivity contribution in [3.8, 4) is 0 Å². The van der Waals surface area contributed by atoms with Gasteiger partial charge in [-0.15, -0.1) is 0 Å². The molecule has 0 aromatic carbocycles. The molecule has 0 saturated carbocycles. The molecule has 0 radical (unpaired) electrons. The Morgan fingerprint density at radius 3 is 2.55 bits per heavy atom. The minimum absolute atomic E-state index is 0.0228. The maximum absolute atomic E-state index is 12.7. The van der Waals surface area contributed by atoms with Crippen LogP contribution in [0.3, 0.4) is 0 Å². The Hall–Kier alpha value is -1.83. The van der Waals surface area contributed by atoms with Crippen LogP contribution in [-0.2, 0) is 6.18 Å². The number of hydrogen-bond donors (Lipinski definition) is 3. The third-order valence-electron chi connectivity index (χ3n) is 3.13. The number of carbonyl (C=O) groups excluding carboxylic acids is 1. The van der Waals surface area contributed by atoms with Crippen LogP contribution in [0.1, 0.15) is 28.9 Å². The molecule has 0 aliphatic carbocycles. The number of rotatable bonds is 3. The molecule has 0 unspecified atom stereocenters. The van der Waals surface area contributed by atoms with Crippen LogP contribution >= 0.6 is 0 Å². The molecule has 4 N–H and O–H groups in total. The molecular formula is C12H15F3N4O. The van der Waals surface area contributed by atoms with E-state index in [1.165, 1.54) is 0 Å². The van der Waals surface area contributed by atoms with Crippen molar-refractivity contribution in [2.24, 2.45) is 5.73 Å². The number of pyridine rings is 1. The molecule has 2 heterocycles. The highest BCUT2D eigenvalue weighted by atomic mass is 19.4. The second-order valence-corrected chi connectivity index (χ2v) is 4.62. The van der Waals surface area contributed by atoms with E-state index in [4.69, 9.17) is 5.73 Å². The van der Waals surface area contributed by atoms with Crippen molar-refractivity contribution < 1.29 is 18.0 Å². The predicted molar refractivity (Wildman–Crippen MR) is 67.3 cm³/mol. The predicted octanol–water partition coefficient (Wildman–Crippen LogP) is 1.36. The van der Waals surface area contributed by atoms with Gasteiger partial charge in [-0.3, -0.25) is 4.79 Å². The lowest BCUT2D eigenvalue weighted by Crippen LogP contribution is -2.36. The summed E-state index contributed by atoms with van der Waals surface area (Å²) in [6.45, 7) is 1.53. The van der Waals surface area contributed by atoms with E-state index in [2.05, 4.69) is 15.6 Å². The molecule has 2 rings (SSSR count). The summed E-state index contributed by atoms with van der Waals surface area (Å²) in [6.07, 6.45) is -3.06. The molecule has 0 atom stereocenters. The fraction of sp³-hybridized carbons (Fsp3) is 0.500. The summed E-state index contributed by atoms with van der Waals surface area (Å²) >= 11 is 0. The van der Waals surface area contributed by atoms with Crippen molar-refractivity contribution in [1.29, 1.82) is 0 Å². The number of primary amides is 1. The Kier molecular flexibility index (Phi) is 4.12. The van der Waals surface area contributed by atoms with E-state index >= 15 is 0 Å². The average Bonchev–Trinajstić information content (AvgIpc) is 2.38. The minimum atomic E-state index is -4.55. The maximum Gasteiger partial charge on any atom is 0.433 e. The molecule has 20 heavy (non-hydrogen) atoms. The van der Waals surface area contributed by atoms with Gasteiger partial charge in [-0.05, 0) is 38.1 Å². The van der Waals surface area contributed by atoms with Crippen molar-refractivity contribution in [3.05, 3.63) is 23.4 Å². The smallest absolute Gasteiger partial charge is 0.367 e. The van der Waals surface area contributed by atoms with Crippen LogP contribution < -0.4 is 16.4 Å². The van der Waals surface area contributed by atoms with Crippen LogP contribution in [0, 0.1) is 0 Å². The van der Waals surface area contributed by atoms with Gasteiger partial charge >= 0.3 is 6.18 Å². The minimum Gasteiger partial charge on any atom is -0.367 e. The van der Waals surface area contributed by atoms with Gasteiger partial charge in [-0.25, -0.2) is 4.98 Å². The molecule has 0 spiro atoms. The molecule has 110 valence electrons. The average molecular weight is 288 g/mol. The number of anilines is 1. The van der Waals surface area contributed by atoms with E-state index in [-0.39, 0.29) is 17.4 Å². The highest BCUT2D eigenvalue weighted by Gasteiger charge is 2.33. The first-order chi connectivity index (χ1) is 9.38. The van der Waals surface area contributed by atoms with Crippen LogP contribution in [-0.4, -0.2) is 30.0 Å². The number of amides is 1. The number of aromatic nitrogens is 1. The topological polar surface area (TPSA) is 80.0 Å². The fourth-order valence-corrected chi connectivity index (χ4v) is 2.09. The number of nitrogens with zero attached hydrogens (tertiary/aromatic N) is 1. The zero-order valence-corrected chi connectivity index (χ0v) is 10.6. The molecule has 1 aliphatic heterocycles. The lowest BCUT2D eigenvalue weighted by Gasteiger charge is -2.25. The Labute approximate surface area is 113 Å². The first-order valence-corrected chi connectivity index (χ1v) is 6.23. The van der Waals surface area contributed by atoms with E-state index in [1.807, 2.05) is 0 Å². The molecule has 1 aromatic heterocycles. The molecule has 1 saturated heterocycles. The van der Waals surface area contributed by atoms with Crippen LogP contribution in [0.4, 0.5) is 19.0 Å². The summed E-state index contributed by atoms with van der Waals surface area (Å²) in [5, 5.41) is 6.03. The van der Waals surface area contributed by atoms with Crippen LogP contribution in [0.2, 0.25) is 0 Å². The largest absolute Gasteiger partial charge is 0.433 e. The van der Waals surface area contributed by atoms with E-state index in [9.17, 15) is 18.0 Å². The normalized spacial score (nSPS) is 16.9. The number of nitrogens with one attached hydrogen (secondary N) is 2. The van der Waals surface area contributed by atoms with Gasteiger partial charge < -0.3 is 16.4 Å². The van der Waals surface area contributed by atoms with Crippen molar-refractivity contribution >= 4 is 11.7 Å². The third-order valence-corrected chi connectivity index (χ3v) is 3.13. The lowest BCUT2D eigenvalue weighted by atomic mass is 10.1. The van der Waals surface area contributed by atoms with E-state index < -0.39 is 17.8 Å². The van der Waals surface area contributed by atoms with Crippen molar-refractivity contribution in [1.82, 2.24) is 10.3 Å². The Bertz CT molecular complexity index is 498. The second kappa shape index (κ2) is 5.66. The van der Waals surface area contributed by atoms with Crippen LogP contribution in [0.5, 0.6) is 0 Å². The number of alkyl halides is 3. The van der Waals surface area contributed by atoms with Crippen LogP contribution in [0.25, 0.3) is 0 Å². The molecule has 8 heteroatoms. The summed E-state index contributed by atoms with van der Waals surface area (Å²) in [6, 6.07) is 1.79. The molecule has 0 bridgehead atoms. The number of nitrogens with two attached hydrogens (primary N) is 1. The molecule has 1 fully saturated rings. The van der Waals surface area contributed by atoms with Crippen molar-refractivity contribution in [2.45, 2.75) is 25.1 Å². The van der Waals surface area contributed by atoms with Crippen molar-refractivity contribution in [2.75, 3.05) is 18.4 Å². The number of halogens is 3. The molecule has 1 amide bonds. The quantitative estimate of drug-likeness (QED) is 0.784. The monoisotopic (exact) mass is 288 g/mol. The molecule has 1 aromatic rings. The Morgan fingerprint density at radius 2 is 2.00 bits per heavy atom. The van der Waals surface area contributed by atoms with E-state index in [0.29, 0.717) is 0 Å². The number of hydrogen-bond acceptors (Lipinski definition) is 4. The summed E-state index contributed by atoms with van der Waals surface area (Å²) in [7, 11) is 0. The van der Waals surface area contributed by atoms with Gasteiger partial charge in [0, 0.05) is 6.04 Å². The van der Waals surface area contributed by atoms with E-state index in [1.54, 1.807) is 0 Å². The number of carbonyl (C=O) groups is 1. The van der Waals surface area contributed by atoms with E-state index in [0.717, 1.165) is 38.1 Å². The van der Waals surface area contributed by atoms with Gasteiger partial charge in [0.25, 0.3) is 5.91 Å². The zero-order chi connectivity index (χ0) is 14.8. The van der Waals surface area contributed by atoms with Crippen molar-refractivity contribution in [3.63, 3.8) is 0 Å². The fourth-order valence-electron chi connectivity index (χ4n) is 2.09. The SMILES string of the molecule is NC(=O)c1ccc(C(F)(F)F)nc1NC1CCNCC1. The van der Waals surface area contributed by atoms with Gasteiger partial charge in [-0.1, -0.05) is 0 Å². The van der Waals surface area contributed by atoms with Gasteiger partial charge in [0.15, 0.2) is 0 Å². The lowest BCUT2D eigenvalue weighted by molar-refractivity contribution is -0.141. The molecule has 5 nitrogen and oxygen atoms in total. The standard InChI is InChI=1S/C12H15F3N4O/c13-12(14,15)9-2-1-8(10(16)20)11(19-9)18-7-3-5-17-6-4-7/h1-2,7,17H,3-6H2,(H2,16,20)(H,18,19). The van der Waals surface area contributed by atoms with Gasteiger partial charge in [-0.2, -0.15) is 13.2 Å². The zero-order valence-electron chi connectivity index (χ0n) is 10.6. The van der Waals surface area contributed by atoms with Crippen LogP contribution in [0.15, 0.2) is 12.1 Å². The summed E-state index contributed by atoms with van der Waals surface area (Å²) in [4.78, 5) is 14.8. The summed E-state index contributed by atoms with van der Waals surface area (Å²) in [5.41, 5.74) is 4.09. The Morgan fingerprint density at radius 1 is 1.35 bits per heavy atom. The number of piperidine rings is 1. The summed E-state index contributed by atoms with van der Waals surface area (Å²) in [5.74, 6) is -0.901.